The number of amides is 1. The zero-order valence-corrected chi connectivity index (χ0v) is 14.9. The topological polar surface area (TPSA) is 75.4 Å². The monoisotopic (exact) mass is 406 g/mol. The molecule has 0 saturated heterocycles. The molecule has 4 heterocycles. The lowest BCUT2D eigenvalue weighted by molar-refractivity contribution is 0.0772. The maximum Gasteiger partial charge on any atom is 0.292 e. The zero-order chi connectivity index (χ0) is 16.8. The molecule has 1 N–H and O–H groups in total. The number of pyridine rings is 1. The van der Waals surface area contributed by atoms with Gasteiger partial charge in [-0.05, 0) is 22.0 Å². The minimum atomic E-state index is -0.228. The smallest absolute Gasteiger partial charge is 0.292 e. The minimum Gasteiger partial charge on any atom is -0.294 e. The van der Waals surface area contributed by atoms with Crippen molar-refractivity contribution in [2.75, 3.05) is 12.0 Å². The number of hydrogen-bond acceptors (Lipinski definition) is 5. The first-order valence-corrected chi connectivity index (χ1v) is 8.43. The van der Waals surface area contributed by atoms with Crippen LogP contribution in [0.3, 0.4) is 0 Å². The Balaban J connectivity index is 1.66. The summed E-state index contributed by atoms with van der Waals surface area (Å²) >= 11 is 9.30. The van der Waals surface area contributed by atoms with E-state index >= 15 is 0 Å². The molecule has 0 fully saturated rings. The van der Waals surface area contributed by atoms with Crippen molar-refractivity contribution in [3.05, 3.63) is 51.6 Å². The van der Waals surface area contributed by atoms with Crippen molar-refractivity contribution in [1.82, 2.24) is 24.6 Å². The third-order valence-corrected chi connectivity index (χ3v) is 4.44. The van der Waals surface area contributed by atoms with Gasteiger partial charge in [0.25, 0.3) is 5.91 Å². The van der Waals surface area contributed by atoms with E-state index in [9.17, 15) is 4.79 Å². The van der Waals surface area contributed by atoms with Crippen LogP contribution in [0.4, 0.5) is 5.69 Å². The van der Waals surface area contributed by atoms with Crippen LogP contribution < -0.4 is 5.43 Å². The molecule has 0 aromatic carbocycles. The minimum absolute atomic E-state index is 0.114. The van der Waals surface area contributed by atoms with Gasteiger partial charge in [0.15, 0.2) is 11.3 Å². The number of fused-ring (bicyclic) bond motifs is 2. The van der Waals surface area contributed by atoms with Crippen LogP contribution in [0.1, 0.15) is 29.0 Å². The van der Waals surface area contributed by atoms with E-state index in [4.69, 9.17) is 11.6 Å². The van der Waals surface area contributed by atoms with Gasteiger partial charge in [0.2, 0.25) is 0 Å². The van der Waals surface area contributed by atoms with Gasteiger partial charge in [-0.1, -0.05) is 18.5 Å². The summed E-state index contributed by atoms with van der Waals surface area (Å²) < 4.78 is 2.34. The SMILES string of the molecule is CC1CN(C(=O)c2cc3ncc(Cl)cn3n2)Nc2cc(Br)cnc21. The van der Waals surface area contributed by atoms with E-state index in [0.717, 1.165) is 15.9 Å². The van der Waals surface area contributed by atoms with E-state index < -0.39 is 0 Å². The lowest BCUT2D eigenvalue weighted by atomic mass is 10.0. The van der Waals surface area contributed by atoms with Crippen LogP contribution in [0.2, 0.25) is 5.02 Å². The summed E-state index contributed by atoms with van der Waals surface area (Å²) in [4.78, 5) is 21.4. The Labute approximate surface area is 150 Å². The van der Waals surface area contributed by atoms with Crippen molar-refractivity contribution >= 4 is 44.8 Å². The van der Waals surface area contributed by atoms with Crippen LogP contribution in [0.25, 0.3) is 5.65 Å². The molecule has 1 amide bonds. The average molecular weight is 408 g/mol. The van der Waals surface area contributed by atoms with E-state index in [2.05, 4.69) is 36.4 Å². The molecule has 4 rings (SSSR count). The van der Waals surface area contributed by atoms with Crippen molar-refractivity contribution < 1.29 is 4.79 Å². The number of anilines is 1. The summed E-state index contributed by atoms with van der Waals surface area (Å²) in [7, 11) is 0. The molecule has 1 unspecified atom stereocenters. The predicted octanol–water partition coefficient (Wildman–Crippen LogP) is 3.13. The summed E-state index contributed by atoms with van der Waals surface area (Å²) in [6.07, 6.45) is 4.89. The molecule has 1 aliphatic rings. The molecule has 0 bridgehead atoms. The van der Waals surface area contributed by atoms with Gasteiger partial charge >= 0.3 is 0 Å². The third-order valence-electron chi connectivity index (χ3n) is 3.81. The van der Waals surface area contributed by atoms with Crippen LogP contribution in [0, 0.1) is 0 Å². The largest absolute Gasteiger partial charge is 0.294 e. The molecule has 3 aromatic rings. The molecule has 1 aliphatic heterocycles. The van der Waals surface area contributed by atoms with Crippen molar-refractivity contribution in [2.45, 2.75) is 12.8 Å². The third kappa shape index (κ3) is 2.61. The Morgan fingerprint density at radius 3 is 3.04 bits per heavy atom. The Bertz CT molecular complexity index is 958. The van der Waals surface area contributed by atoms with Gasteiger partial charge in [0.05, 0.1) is 29.1 Å². The average Bonchev–Trinajstić information content (AvgIpc) is 2.96. The highest BCUT2D eigenvalue weighted by Crippen LogP contribution is 2.31. The van der Waals surface area contributed by atoms with Crippen molar-refractivity contribution in [2.24, 2.45) is 0 Å². The first kappa shape index (κ1) is 15.3. The number of rotatable bonds is 1. The number of halogens is 2. The molecular formula is C15H12BrClN6O. The van der Waals surface area contributed by atoms with Gasteiger partial charge < -0.3 is 0 Å². The quantitative estimate of drug-likeness (QED) is 0.671. The standard InChI is InChI=1S/C15H12BrClN6O/c1-8-6-23(20-11-2-9(16)4-19-14(8)11)15(24)12-3-13-18-5-10(17)7-22(13)21-12/h2-5,7-8,20H,6H2,1H3. The second-order valence-electron chi connectivity index (χ2n) is 5.62. The van der Waals surface area contributed by atoms with Gasteiger partial charge in [-0.3, -0.25) is 20.2 Å². The molecule has 0 spiro atoms. The number of carbonyl (C=O) groups excluding carboxylic acids is 1. The number of carbonyl (C=O) groups is 1. The number of aromatic nitrogens is 4. The fraction of sp³-hybridized carbons (Fsp3) is 0.200. The Morgan fingerprint density at radius 1 is 1.38 bits per heavy atom. The van der Waals surface area contributed by atoms with E-state index in [1.165, 1.54) is 10.7 Å². The summed E-state index contributed by atoms with van der Waals surface area (Å²) in [6, 6.07) is 3.54. The van der Waals surface area contributed by atoms with Crippen LogP contribution >= 0.6 is 27.5 Å². The van der Waals surface area contributed by atoms with Gasteiger partial charge in [0.1, 0.15) is 0 Å². The summed E-state index contributed by atoms with van der Waals surface area (Å²) in [5.74, 6) is -0.114. The van der Waals surface area contributed by atoms with Crippen molar-refractivity contribution in [1.29, 1.82) is 0 Å². The lowest BCUT2D eigenvalue weighted by Crippen LogP contribution is -2.42. The number of nitrogens with one attached hydrogen (secondary N) is 1. The molecule has 0 radical (unpaired) electrons. The summed E-state index contributed by atoms with van der Waals surface area (Å²) in [5, 5.41) is 6.26. The molecule has 9 heteroatoms. The molecule has 24 heavy (non-hydrogen) atoms. The molecule has 7 nitrogen and oxygen atoms in total. The predicted molar refractivity (Wildman–Crippen MR) is 93.0 cm³/mol. The molecule has 0 aliphatic carbocycles. The van der Waals surface area contributed by atoms with Crippen LogP contribution in [-0.4, -0.2) is 37.0 Å². The van der Waals surface area contributed by atoms with Crippen LogP contribution in [-0.2, 0) is 0 Å². The van der Waals surface area contributed by atoms with E-state index in [1.807, 2.05) is 13.0 Å². The summed E-state index contributed by atoms with van der Waals surface area (Å²) in [6.45, 7) is 2.54. The highest BCUT2D eigenvalue weighted by atomic mass is 79.9. The highest BCUT2D eigenvalue weighted by Gasteiger charge is 2.28. The van der Waals surface area contributed by atoms with Gasteiger partial charge in [0, 0.05) is 28.9 Å². The number of hydrazine groups is 1. The molecule has 1 atom stereocenters. The normalized spacial score (nSPS) is 16.8. The van der Waals surface area contributed by atoms with Gasteiger partial charge in [-0.15, -0.1) is 0 Å². The van der Waals surface area contributed by atoms with E-state index in [0.29, 0.717) is 22.9 Å². The Hall–Kier alpha value is -2.19. The second-order valence-corrected chi connectivity index (χ2v) is 6.97. The highest BCUT2D eigenvalue weighted by molar-refractivity contribution is 9.10. The first-order valence-electron chi connectivity index (χ1n) is 7.26. The van der Waals surface area contributed by atoms with Crippen molar-refractivity contribution in [3.63, 3.8) is 0 Å². The zero-order valence-electron chi connectivity index (χ0n) is 12.6. The van der Waals surface area contributed by atoms with Crippen LogP contribution in [0.5, 0.6) is 0 Å². The number of nitrogens with zero attached hydrogens (tertiary/aromatic N) is 5. The van der Waals surface area contributed by atoms with E-state index in [1.54, 1.807) is 23.5 Å². The summed E-state index contributed by atoms with van der Waals surface area (Å²) in [5.41, 5.74) is 5.73. The van der Waals surface area contributed by atoms with Gasteiger partial charge in [-0.25, -0.2) is 9.50 Å². The molecular weight excluding hydrogens is 396 g/mol. The fourth-order valence-corrected chi connectivity index (χ4v) is 3.19. The van der Waals surface area contributed by atoms with Gasteiger partial charge in [-0.2, -0.15) is 5.10 Å². The maximum absolute atomic E-state index is 12.8. The fourth-order valence-electron chi connectivity index (χ4n) is 2.71. The lowest BCUT2D eigenvalue weighted by Gasteiger charge is -2.33. The number of hydrogen-bond donors (Lipinski definition) is 1. The van der Waals surface area contributed by atoms with E-state index in [-0.39, 0.29) is 11.8 Å². The molecule has 0 saturated carbocycles. The maximum atomic E-state index is 12.8. The Morgan fingerprint density at radius 2 is 2.21 bits per heavy atom. The Kier molecular flexibility index (Phi) is 3.65. The molecule has 3 aromatic heterocycles. The van der Waals surface area contributed by atoms with Crippen molar-refractivity contribution in [3.8, 4) is 0 Å². The van der Waals surface area contributed by atoms with Crippen LogP contribution in [0.15, 0.2) is 35.2 Å². The second kappa shape index (κ2) is 5.71. The molecule has 122 valence electrons. The first-order chi connectivity index (χ1) is 11.5.